The zero-order valence-electron chi connectivity index (χ0n) is 10.00. The summed E-state index contributed by atoms with van der Waals surface area (Å²) in [4.78, 5) is 15.7. The van der Waals surface area contributed by atoms with Crippen molar-refractivity contribution in [2.24, 2.45) is 0 Å². The van der Waals surface area contributed by atoms with Crippen molar-refractivity contribution < 1.29 is 19.7 Å². The number of methoxy groups -OCH3 is 1. The van der Waals surface area contributed by atoms with E-state index in [1.807, 2.05) is 42.5 Å². The van der Waals surface area contributed by atoms with Crippen LogP contribution in [0.4, 0.5) is 0 Å². The summed E-state index contributed by atoms with van der Waals surface area (Å²) in [5.74, 6) is -0.429. The van der Waals surface area contributed by atoms with E-state index in [-0.39, 0.29) is 6.42 Å². The number of rotatable bonds is 4. The molecule has 0 amide bonds. The van der Waals surface area contributed by atoms with Gasteiger partial charge in [0.25, 0.3) is 0 Å². The molecule has 0 aromatic heterocycles. The van der Waals surface area contributed by atoms with Gasteiger partial charge in [-0.15, -0.1) is 0 Å². The van der Waals surface area contributed by atoms with Gasteiger partial charge < -0.3 is 4.74 Å². The molecule has 4 nitrogen and oxygen atoms in total. The number of esters is 1. The quantitative estimate of drug-likeness (QED) is 0.512. The molecule has 0 heterocycles. The smallest absolute Gasteiger partial charge is 0.308 e. The van der Waals surface area contributed by atoms with Crippen LogP contribution in [0.3, 0.4) is 0 Å². The molecule has 1 N–H and O–H groups in total. The molecular weight excluding hydrogens is 232 g/mol. The number of hydrogen-bond acceptors (Lipinski definition) is 4. The fraction of sp³-hybridized carbons (Fsp3) is 0.214. The second-order valence-electron chi connectivity index (χ2n) is 3.94. The lowest BCUT2D eigenvalue weighted by atomic mass is 9.99. The van der Waals surface area contributed by atoms with Crippen molar-refractivity contribution in [2.45, 2.75) is 12.5 Å². The second-order valence-corrected chi connectivity index (χ2v) is 3.94. The largest absolute Gasteiger partial charge is 0.469 e. The molecule has 18 heavy (non-hydrogen) atoms. The van der Waals surface area contributed by atoms with E-state index in [9.17, 15) is 4.79 Å². The number of carbonyl (C=O) groups is 1. The van der Waals surface area contributed by atoms with Gasteiger partial charge in [0.05, 0.1) is 13.5 Å². The summed E-state index contributed by atoms with van der Waals surface area (Å²) in [7, 11) is 1.31. The predicted octanol–water partition coefficient (Wildman–Crippen LogP) is 2.93. The minimum Gasteiger partial charge on any atom is -0.469 e. The first kappa shape index (κ1) is 12.5. The van der Waals surface area contributed by atoms with E-state index in [1.165, 1.54) is 7.11 Å². The molecule has 2 rings (SSSR count). The second kappa shape index (κ2) is 5.62. The van der Waals surface area contributed by atoms with Crippen molar-refractivity contribution in [1.29, 1.82) is 0 Å². The summed E-state index contributed by atoms with van der Waals surface area (Å²) < 4.78 is 4.59. The topological polar surface area (TPSA) is 55.8 Å². The summed E-state index contributed by atoms with van der Waals surface area (Å²) in [5, 5.41) is 11.0. The molecule has 0 radical (unpaired) electrons. The third kappa shape index (κ3) is 2.50. The lowest BCUT2D eigenvalue weighted by Crippen LogP contribution is -2.10. The van der Waals surface area contributed by atoms with Gasteiger partial charge in [-0.2, -0.15) is 0 Å². The summed E-state index contributed by atoms with van der Waals surface area (Å²) in [6.45, 7) is 0. The number of hydrogen-bond donors (Lipinski definition) is 1. The summed E-state index contributed by atoms with van der Waals surface area (Å²) in [6.07, 6.45) is -0.746. The number of carbonyl (C=O) groups excluding carboxylic acids is 1. The molecule has 0 aliphatic carbocycles. The van der Waals surface area contributed by atoms with Gasteiger partial charge in [0.2, 0.25) is 0 Å². The first-order valence-corrected chi connectivity index (χ1v) is 5.61. The normalized spacial score (nSPS) is 12.3. The van der Waals surface area contributed by atoms with Gasteiger partial charge in [0, 0.05) is 0 Å². The van der Waals surface area contributed by atoms with E-state index in [0.29, 0.717) is 0 Å². The highest BCUT2D eigenvalue weighted by atomic mass is 17.1. The van der Waals surface area contributed by atoms with Gasteiger partial charge >= 0.3 is 5.97 Å². The van der Waals surface area contributed by atoms with Gasteiger partial charge in [-0.05, 0) is 16.3 Å². The van der Waals surface area contributed by atoms with Crippen LogP contribution in [0.1, 0.15) is 18.1 Å². The maximum absolute atomic E-state index is 11.3. The Kier molecular flexibility index (Phi) is 3.92. The SMILES string of the molecule is COC(=O)CC(OO)c1cccc2ccccc12. The Labute approximate surface area is 105 Å². The Bertz CT molecular complexity index is 545. The minimum absolute atomic E-state index is 0.0268. The summed E-state index contributed by atoms with van der Waals surface area (Å²) >= 11 is 0. The predicted molar refractivity (Wildman–Crippen MR) is 67.0 cm³/mol. The van der Waals surface area contributed by atoms with E-state index in [2.05, 4.69) is 9.62 Å². The van der Waals surface area contributed by atoms with Gasteiger partial charge in [0.15, 0.2) is 0 Å². The molecule has 0 bridgehead atoms. The Hall–Kier alpha value is -1.91. The summed E-state index contributed by atoms with van der Waals surface area (Å²) in [6, 6.07) is 13.4. The molecular formula is C14H14O4. The van der Waals surface area contributed by atoms with Crippen LogP contribution >= 0.6 is 0 Å². The molecule has 2 aromatic rings. The lowest BCUT2D eigenvalue weighted by molar-refractivity contribution is -0.282. The van der Waals surface area contributed by atoms with Crippen molar-refractivity contribution >= 4 is 16.7 Å². The van der Waals surface area contributed by atoms with E-state index in [0.717, 1.165) is 16.3 Å². The third-order valence-corrected chi connectivity index (χ3v) is 2.88. The fourth-order valence-electron chi connectivity index (χ4n) is 1.97. The van der Waals surface area contributed by atoms with Crippen LogP contribution in [-0.4, -0.2) is 18.3 Å². The number of fused-ring (bicyclic) bond motifs is 1. The van der Waals surface area contributed by atoms with Crippen molar-refractivity contribution in [1.82, 2.24) is 0 Å². The molecule has 0 aliphatic rings. The van der Waals surface area contributed by atoms with Gasteiger partial charge in [-0.3, -0.25) is 10.1 Å². The molecule has 0 saturated heterocycles. The fourth-order valence-corrected chi connectivity index (χ4v) is 1.97. The highest BCUT2D eigenvalue weighted by Crippen LogP contribution is 2.28. The zero-order chi connectivity index (χ0) is 13.0. The minimum atomic E-state index is -0.719. The van der Waals surface area contributed by atoms with Crippen molar-refractivity contribution in [3.05, 3.63) is 48.0 Å². The van der Waals surface area contributed by atoms with Crippen molar-refractivity contribution in [3.63, 3.8) is 0 Å². The van der Waals surface area contributed by atoms with E-state index >= 15 is 0 Å². The average Bonchev–Trinajstić information content (AvgIpc) is 2.44. The van der Waals surface area contributed by atoms with Crippen LogP contribution in [0.15, 0.2) is 42.5 Å². The van der Waals surface area contributed by atoms with Crippen LogP contribution in [0, 0.1) is 0 Å². The third-order valence-electron chi connectivity index (χ3n) is 2.88. The molecule has 0 fully saturated rings. The van der Waals surface area contributed by atoms with Crippen LogP contribution in [0.25, 0.3) is 10.8 Å². The van der Waals surface area contributed by atoms with Crippen LogP contribution in [0.2, 0.25) is 0 Å². The Morgan fingerprint density at radius 1 is 1.22 bits per heavy atom. The monoisotopic (exact) mass is 246 g/mol. The standard InChI is InChI=1S/C14H14O4/c1-17-14(15)9-13(18-16)12-8-4-6-10-5-2-3-7-11(10)12/h2-8,13,16H,9H2,1H3. The van der Waals surface area contributed by atoms with E-state index in [4.69, 9.17) is 5.26 Å². The van der Waals surface area contributed by atoms with Crippen molar-refractivity contribution in [2.75, 3.05) is 7.11 Å². The Morgan fingerprint density at radius 2 is 1.94 bits per heavy atom. The molecule has 1 unspecified atom stereocenters. The van der Waals surface area contributed by atoms with E-state index < -0.39 is 12.1 Å². The number of ether oxygens (including phenoxy) is 1. The highest BCUT2D eigenvalue weighted by Gasteiger charge is 2.19. The summed E-state index contributed by atoms with van der Waals surface area (Å²) in [5.41, 5.74) is 0.765. The first-order chi connectivity index (χ1) is 8.76. The molecule has 2 aromatic carbocycles. The highest BCUT2D eigenvalue weighted by molar-refractivity contribution is 5.86. The van der Waals surface area contributed by atoms with Gasteiger partial charge in [-0.25, -0.2) is 4.89 Å². The van der Waals surface area contributed by atoms with E-state index in [1.54, 1.807) is 0 Å². The van der Waals surface area contributed by atoms with Gasteiger partial charge in [-0.1, -0.05) is 42.5 Å². The maximum atomic E-state index is 11.3. The van der Waals surface area contributed by atoms with Crippen LogP contribution in [0.5, 0.6) is 0 Å². The average molecular weight is 246 g/mol. The molecule has 1 atom stereocenters. The molecule has 0 spiro atoms. The zero-order valence-corrected chi connectivity index (χ0v) is 10.00. The number of benzene rings is 2. The maximum Gasteiger partial charge on any atom is 0.308 e. The lowest BCUT2D eigenvalue weighted by Gasteiger charge is -2.14. The van der Waals surface area contributed by atoms with Crippen LogP contribution < -0.4 is 0 Å². The van der Waals surface area contributed by atoms with Crippen LogP contribution in [-0.2, 0) is 14.4 Å². The molecule has 94 valence electrons. The molecule has 0 aliphatic heterocycles. The Balaban J connectivity index is 2.41. The van der Waals surface area contributed by atoms with Gasteiger partial charge in [0.1, 0.15) is 6.10 Å². The van der Waals surface area contributed by atoms with Crippen molar-refractivity contribution in [3.8, 4) is 0 Å². The first-order valence-electron chi connectivity index (χ1n) is 5.61. The molecule has 0 saturated carbocycles. The Morgan fingerprint density at radius 3 is 2.67 bits per heavy atom. The molecule has 4 heteroatoms.